The second kappa shape index (κ2) is 12.9. The molecule has 5 nitrogen and oxygen atoms in total. The first-order valence-corrected chi connectivity index (χ1v) is 17.1. The van der Waals surface area contributed by atoms with Crippen LogP contribution in [-0.2, 0) is 22.5 Å². The Hall–Kier alpha value is -0.216. The van der Waals surface area contributed by atoms with Gasteiger partial charge in [-0.25, -0.2) is 0 Å². The average Bonchev–Trinajstić information content (AvgIpc) is 3.46. The molecule has 0 bridgehead atoms. The Morgan fingerprint density at radius 3 is 1.58 bits per heavy atom. The Bertz CT molecular complexity index is 499. The molecular weight excluding hydrogens is 424 g/mol. The molecule has 0 saturated heterocycles. The van der Waals surface area contributed by atoms with Crippen LogP contribution in [0.5, 0.6) is 0 Å². The van der Waals surface area contributed by atoms with Crippen molar-refractivity contribution in [2.24, 2.45) is 5.92 Å². The molecule has 0 radical (unpaired) electrons. The summed E-state index contributed by atoms with van der Waals surface area (Å²) in [5.41, 5.74) is 1.78. The van der Waals surface area contributed by atoms with E-state index < -0.39 is 17.1 Å². The van der Waals surface area contributed by atoms with E-state index in [-0.39, 0.29) is 11.9 Å². The SMILES string of the molecule is CCO[Si](CC(C)C(=O)O[Si](C(C)CC)(C1CCCC1)C1CCCC1)(OCC)OCC. The molecule has 2 aliphatic carbocycles. The maximum absolute atomic E-state index is 13.7. The van der Waals surface area contributed by atoms with Crippen LogP contribution in [0.25, 0.3) is 0 Å². The van der Waals surface area contributed by atoms with Gasteiger partial charge in [-0.15, -0.1) is 0 Å². The highest BCUT2D eigenvalue weighted by Crippen LogP contribution is 2.56. The summed E-state index contributed by atoms with van der Waals surface area (Å²) >= 11 is 0. The number of hydrogen-bond acceptors (Lipinski definition) is 5. The van der Waals surface area contributed by atoms with E-state index in [2.05, 4.69) is 13.8 Å². The summed E-state index contributed by atoms with van der Waals surface area (Å²) < 4.78 is 24.9. The maximum Gasteiger partial charge on any atom is 0.501 e. The zero-order valence-corrected chi connectivity index (χ0v) is 23.0. The molecule has 7 heteroatoms. The lowest BCUT2D eigenvalue weighted by Crippen LogP contribution is -2.53. The van der Waals surface area contributed by atoms with Gasteiger partial charge >= 0.3 is 8.80 Å². The lowest BCUT2D eigenvalue weighted by Gasteiger charge is -2.45. The molecule has 0 heterocycles. The second-order valence-electron chi connectivity index (χ2n) is 9.63. The van der Waals surface area contributed by atoms with Gasteiger partial charge in [-0.05, 0) is 63.1 Å². The van der Waals surface area contributed by atoms with Crippen molar-refractivity contribution in [2.45, 2.75) is 122 Å². The molecule has 2 unspecified atom stereocenters. The minimum Gasteiger partial charge on any atom is -0.518 e. The molecule has 0 aromatic carbocycles. The van der Waals surface area contributed by atoms with Gasteiger partial charge < -0.3 is 17.7 Å². The van der Waals surface area contributed by atoms with Crippen molar-refractivity contribution in [1.82, 2.24) is 0 Å². The number of carbonyl (C=O) groups excluding carboxylic acids is 1. The van der Waals surface area contributed by atoms with E-state index in [1.807, 2.05) is 27.7 Å². The Labute approximate surface area is 193 Å². The van der Waals surface area contributed by atoms with Gasteiger partial charge in [0.05, 0.1) is 5.92 Å². The van der Waals surface area contributed by atoms with Crippen LogP contribution in [-0.4, -0.2) is 42.9 Å². The molecule has 0 spiro atoms. The van der Waals surface area contributed by atoms with Gasteiger partial charge in [-0.3, -0.25) is 4.79 Å². The molecule has 31 heavy (non-hydrogen) atoms. The fourth-order valence-corrected chi connectivity index (χ4v) is 15.6. The van der Waals surface area contributed by atoms with Gasteiger partial charge in [0.2, 0.25) is 0 Å². The first kappa shape index (κ1) is 27.0. The lowest BCUT2D eigenvalue weighted by atomic mass is 10.2. The Balaban J connectivity index is 2.26. The van der Waals surface area contributed by atoms with Gasteiger partial charge in [0, 0.05) is 25.9 Å². The highest BCUT2D eigenvalue weighted by molar-refractivity contribution is 6.79. The van der Waals surface area contributed by atoms with E-state index in [9.17, 15) is 4.79 Å². The molecule has 2 fully saturated rings. The molecular formula is C24H48O5Si2. The highest BCUT2D eigenvalue weighted by atomic mass is 28.4. The van der Waals surface area contributed by atoms with Crippen molar-refractivity contribution >= 4 is 23.1 Å². The van der Waals surface area contributed by atoms with Crippen molar-refractivity contribution in [1.29, 1.82) is 0 Å². The predicted octanol–water partition coefficient (Wildman–Crippen LogP) is 6.85. The second-order valence-corrected chi connectivity index (χ2v) is 16.8. The number of rotatable bonds is 14. The molecule has 2 aliphatic rings. The van der Waals surface area contributed by atoms with Crippen LogP contribution in [0.1, 0.15) is 99.3 Å². The predicted molar refractivity (Wildman–Crippen MR) is 131 cm³/mol. The van der Waals surface area contributed by atoms with Gasteiger partial charge in [0.1, 0.15) is 0 Å². The normalized spacial score (nSPS) is 20.8. The number of hydrogen-bond donors (Lipinski definition) is 0. The van der Waals surface area contributed by atoms with Crippen LogP contribution in [0, 0.1) is 5.92 Å². The van der Waals surface area contributed by atoms with Crippen LogP contribution in [0.15, 0.2) is 0 Å². The summed E-state index contributed by atoms with van der Waals surface area (Å²) in [5, 5.41) is 0. The van der Waals surface area contributed by atoms with Crippen LogP contribution in [0.4, 0.5) is 0 Å². The van der Waals surface area contributed by atoms with E-state index in [1.165, 1.54) is 51.4 Å². The highest BCUT2D eigenvalue weighted by Gasteiger charge is 2.57. The van der Waals surface area contributed by atoms with Gasteiger partial charge in [0.15, 0.2) is 0 Å². The third-order valence-electron chi connectivity index (χ3n) is 7.70. The molecule has 2 atom stereocenters. The van der Waals surface area contributed by atoms with Crippen molar-refractivity contribution in [3.05, 3.63) is 0 Å². The minimum absolute atomic E-state index is 0.0262. The molecule has 0 amide bonds. The van der Waals surface area contributed by atoms with Gasteiger partial charge in [0.25, 0.3) is 14.3 Å². The van der Waals surface area contributed by atoms with Crippen molar-refractivity contribution < 1.29 is 22.5 Å². The maximum atomic E-state index is 13.7. The van der Waals surface area contributed by atoms with E-state index in [0.717, 1.165) is 6.42 Å². The van der Waals surface area contributed by atoms with Gasteiger partial charge in [-0.1, -0.05) is 52.9 Å². The van der Waals surface area contributed by atoms with Crippen LogP contribution >= 0.6 is 0 Å². The molecule has 0 N–H and O–H groups in total. The zero-order valence-electron chi connectivity index (χ0n) is 21.0. The minimum atomic E-state index is -2.88. The van der Waals surface area contributed by atoms with Gasteiger partial charge in [-0.2, -0.15) is 0 Å². The quantitative estimate of drug-likeness (QED) is 0.259. The third kappa shape index (κ3) is 6.43. The molecule has 2 rings (SSSR count). The van der Waals surface area contributed by atoms with Crippen LogP contribution in [0.2, 0.25) is 22.7 Å². The molecule has 0 aliphatic heterocycles. The van der Waals surface area contributed by atoms with Crippen LogP contribution in [0.3, 0.4) is 0 Å². The summed E-state index contributed by atoms with van der Waals surface area (Å²) in [5.74, 6) is -0.295. The van der Waals surface area contributed by atoms with Crippen molar-refractivity contribution in [3.63, 3.8) is 0 Å². The van der Waals surface area contributed by atoms with E-state index in [4.69, 9.17) is 17.7 Å². The third-order valence-corrected chi connectivity index (χ3v) is 17.2. The van der Waals surface area contributed by atoms with Crippen molar-refractivity contribution in [2.75, 3.05) is 19.8 Å². The monoisotopic (exact) mass is 472 g/mol. The topological polar surface area (TPSA) is 54.0 Å². The fraction of sp³-hybridized carbons (Fsp3) is 0.958. The Kier molecular flexibility index (Phi) is 11.2. The summed E-state index contributed by atoms with van der Waals surface area (Å²) in [6.45, 7) is 14.1. The summed E-state index contributed by atoms with van der Waals surface area (Å²) in [4.78, 5) is 13.7. The fourth-order valence-electron chi connectivity index (χ4n) is 6.17. The largest absolute Gasteiger partial charge is 0.518 e. The summed E-state index contributed by atoms with van der Waals surface area (Å²) in [6, 6.07) is 0.502. The van der Waals surface area contributed by atoms with Crippen molar-refractivity contribution in [3.8, 4) is 0 Å². The summed E-state index contributed by atoms with van der Waals surface area (Å²) in [6.07, 6.45) is 11.3. The van der Waals surface area contributed by atoms with E-state index in [0.29, 0.717) is 42.5 Å². The lowest BCUT2D eigenvalue weighted by molar-refractivity contribution is -0.139. The average molecular weight is 473 g/mol. The molecule has 2 saturated carbocycles. The molecule has 182 valence electrons. The molecule has 0 aromatic heterocycles. The Morgan fingerprint density at radius 2 is 1.23 bits per heavy atom. The Morgan fingerprint density at radius 1 is 0.806 bits per heavy atom. The van der Waals surface area contributed by atoms with Crippen LogP contribution < -0.4 is 0 Å². The first-order valence-electron chi connectivity index (χ1n) is 13.0. The van der Waals surface area contributed by atoms with E-state index >= 15 is 0 Å². The standard InChI is InChI=1S/C24H48O5Si2/c1-7-21(6)31(22-15-11-12-16-22,23-17-13-14-18-23)29-24(25)20(5)19-30(26-8-2,27-9-3)28-10-4/h20-23H,7-19H2,1-6H3. The summed E-state index contributed by atoms with van der Waals surface area (Å²) in [7, 11) is -5.13. The number of carbonyl (C=O) groups is 1. The van der Waals surface area contributed by atoms with E-state index in [1.54, 1.807) is 0 Å². The zero-order chi connectivity index (χ0) is 22.9. The molecule has 0 aromatic rings. The smallest absolute Gasteiger partial charge is 0.501 e. The first-order chi connectivity index (χ1) is 14.9.